The standard InChI is InChI=1S/C30H31N3O4/c1-3-4-19-37-23-15-11-21(12-16-23)29-26-27(24-7-5-6-8-25(24)34)31-32-28(26)30(35)33(29)18-17-20-9-13-22(36-2)14-10-20/h5-16,29,34H,3-4,17-19H2,1-2H3,(H,31,32)/t29-/m0/s1. The predicted molar refractivity (Wildman–Crippen MR) is 142 cm³/mol. The molecule has 1 atom stereocenters. The third-order valence-corrected chi connectivity index (χ3v) is 6.79. The minimum atomic E-state index is -0.348. The van der Waals surface area contributed by atoms with Crippen LogP contribution in [0.5, 0.6) is 17.2 Å². The number of hydrogen-bond acceptors (Lipinski definition) is 5. The lowest BCUT2D eigenvalue weighted by molar-refractivity contribution is 0.0746. The van der Waals surface area contributed by atoms with Gasteiger partial charge in [-0.05, 0) is 60.4 Å². The second-order valence-electron chi connectivity index (χ2n) is 9.15. The number of aromatic amines is 1. The number of rotatable bonds is 10. The Morgan fingerprint density at radius 3 is 2.43 bits per heavy atom. The van der Waals surface area contributed by atoms with Crippen LogP contribution in [0.1, 0.15) is 53.0 Å². The molecule has 0 unspecified atom stereocenters. The van der Waals surface area contributed by atoms with Crippen molar-refractivity contribution in [2.75, 3.05) is 20.3 Å². The number of phenolic OH excluding ortho intramolecular Hbond substituents is 1. The Hall–Kier alpha value is -4.26. The molecule has 0 saturated carbocycles. The molecule has 4 aromatic rings. The highest BCUT2D eigenvalue weighted by atomic mass is 16.5. The molecule has 0 spiro atoms. The first-order valence-electron chi connectivity index (χ1n) is 12.6. The van der Waals surface area contributed by atoms with E-state index >= 15 is 0 Å². The molecule has 0 bridgehead atoms. The molecule has 1 aromatic heterocycles. The number of nitrogens with one attached hydrogen (secondary N) is 1. The molecule has 0 fully saturated rings. The van der Waals surface area contributed by atoms with E-state index in [4.69, 9.17) is 9.47 Å². The second kappa shape index (κ2) is 10.8. The van der Waals surface area contributed by atoms with Crippen molar-refractivity contribution < 1.29 is 19.4 Å². The minimum absolute atomic E-state index is 0.106. The Morgan fingerprint density at radius 2 is 1.73 bits per heavy atom. The van der Waals surface area contributed by atoms with Crippen LogP contribution in [-0.2, 0) is 6.42 Å². The number of carbonyl (C=O) groups is 1. The van der Waals surface area contributed by atoms with E-state index in [-0.39, 0.29) is 17.7 Å². The van der Waals surface area contributed by atoms with Gasteiger partial charge in [-0.3, -0.25) is 9.89 Å². The van der Waals surface area contributed by atoms with Crippen molar-refractivity contribution in [2.45, 2.75) is 32.2 Å². The lowest BCUT2D eigenvalue weighted by Gasteiger charge is -2.26. The first-order chi connectivity index (χ1) is 18.1. The van der Waals surface area contributed by atoms with Crippen LogP contribution in [0.4, 0.5) is 0 Å². The number of unbranched alkanes of at least 4 members (excludes halogenated alkanes) is 1. The van der Waals surface area contributed by atoms with E-state index in [9.17, 15) is 9.90 Å². The van der Waals surface area contributed by atoms with E-state index in [2.05, 4.69) is 17.1 Å². The van der Waals surface area contributed by atoms with Crippen molar-refractivity contribution >= 4 is 5.91 Å². The predicted octanol–water partition coefficient (Wildman–Crippen LogP) is 5.76. The lowest BCUT2D eigenvalue weighted by Crippen LogP contribution is -2.31. The van der Waals surface area contributed by atoms with Gasteiger partial charge in [0.05, 0.1) is 19.8 Å². The zero-order valence-corrected chi connectivity index (χ0v) is 21.1. The summed E-state index contributed by atoms with van der Waals surface area (Å²) in [5, 5.41) is 18.0. The van der Waals surface area contributed by atoms with Crippen LogP contribution in [0, 0.1) is 0 Å². The van der Waals surface area contributed by atoms with Crippen LogP contribution >= 0.6 is 0 Å². The maximum Gasteiger partial charge on any atom is 0.273 e. The first-order valence-corrected chi connectivity index (χ1v) is 12.6. The molecular weight excluding hydrogens is 466 g/mol. The summed E-state index contributed by atoms with van der Waals surface area (Å²) in [6.07, 6.45) is 2.76. The highest BCUT2D eigenvalue weighted by Gasteiger charge is 2.42. The van der Waals surface area contributed by atoms with Crippen molar-refractivity contribution in [3.05, 3.63) is 95.2 Å². The number of aromatic hydroxyl groups is 1. The van der Waals surface area contributed by atoms with Crippen LogP contribution in [0.25, 0.3) is 11.3 Å². The molecule has 1 amide bonds. The van der Waals surface area contributed by atoms with E-state index < -0.39 is 0 Å². The Balaban J connectivity index is 1.49. The molecule has 2 heterocycles. The van der Waals surface area contributed by atoms with Crippen LogP contribution in [0.3, 0.4) is 0 Å². The molecular formula is C30H31N3O4. The summed E-state index contributed by atoms with van der Waals surface area (Å²) in [6, 6.07) is 22.5. The number of fused-ring (bicyclic) bond motifs is 1. The molecule has 37 heavy (non-hydrogen) atoms. The Labute approximate surface area is 216 Å². The normalized spacial score (nSPS) is 14.6. The van der Waals surface area contributed by atoms with Crippen molar-refractivity contribution in [3.63, 3.8) is 0 Å². The van der Waals surface area contributed by atoms with Gasteiger partial charge in [-0.1, -0.05) is 49.7 Å². The monoisotopic (exact) mass is 497 g/mol. The number of phenols is 1. The van der Waals surface area contributed by atoms with Crippen molar-refractivity contribution in [2.24, 2.45) is 0 Å². The van der Waals surface area contributed by atoms with Crippen molar-refractivity contribution in [1.82, 2.24) is 15.1 Å². The van der Waals surface area contributed by atoms with E-state index in [1.807, 2.05) is 65.6 Å². The smallest absolute Gasteiger partial charge is 0.273 e. The summed E-state index contributed by atoms with van der Waals surface area (Å²) in [4.78, 5) is 15.5. The fraction of sp³-hybridized carbons (Fsp3) is 0.267. The highest BCUT2D eigenvalue weighted by molar-refractivity contribution is 6.00. The van der Waals surface area contributed by atoms with Crippen molar-refractivity contribution in [1.29, 1.82) is 0 Å². The Morgan fingerprint density at radius 1 is 1.00 bits per heavy atom. The molecule has 2 N–H and O–H groups in total. The van der Waals surface area contributed by atoms with Gasteiger partial charge in [0.25, 0.3) is 5.91 Å². The number of benzene rings is 3. The summed E-state index contributed by atoms with van der Waals surface area (Å²) in [5.74, 6) is 1.62. The van der Waals surface area contributed by atoms with Crippen LogP contribution in [0.2, 0.25) is 0 Å². The maximum atomic E-state index is 13.6. The molecule has 0 aliphatic carbocycles. The maximum absolute atomic E-state index is 13.6. The quantitative estimate of drug-likeness (QED) is 0.272. The number of carbonyl (C=O) groups excluding carboxylic acids is 1. The number of amides is 1. The molecule has 1 aliphatic rings. The Kier molecular flexibility index (Phi) is 7.12. The fourth-order valence-electron chi connectivity index (χ4n) is 4.78. The number of aromatic nitrogens is 2. The summed E-state index contributed by atoms with van der Waals surface area (Å²) < 4.78 is 11.1. The first kappa shape index (κ1) is 24.4. The largest absolute Gasteiger partial charge is 0.507 e. The van der Waals surface area contributed by atoms with Gasteiger partial charge in [-0.15, -0.1) is 0 Å². The lowest BCUT2D eigenvalue weighted by atomic mass is 9.95. The van der Waals surface area contributed by atoms with Gasteiger partial charge >= 0.3 is 0 Å². The topological polar surface area (TPSA) is 87.7 Å². The summed E-state index contributed by atoms with van der Waals surface area (Å²) in [5.41, 5.74) is 4.49. The third kappa shape index (κ3) is 4.89. The van der Waals surface area contributed by atoms with E-state index in [0.717, 1.165) is 41.0 Å². The van der Waals surface area contributed by atoms with Gasteiger partial charge in [0, 0.05) is 17.7 Å². The molecule has 3 aromatic carbocycles. The SMILES string of the molecule is CCCCOc1ccc([C@H]2c3c(-c4ccccc4O)n[nH]c3C(=O)N2CCc2ccc(OC)cc2)cc1. The fourth-order valence-corrected chi connectivity index (χ4v) is 4.78. The van der Waals surface area contributed by atoms with E-state index in [1.54, 1.807) is 19.2 Å². The Bertz CT molecular complexity index is 1360. The van der Waals surface area contributed by atoms with Crippen LogP contribution < -0.4 is 9.47 Å². The number of para-hydroxylation sites is 1. The second-order valence-corrected chi connectivity index (χ2v) is 9.15. The number of methoxy groups -OCH3 is 1. The summed E-state index contributed by atoms with van der Waals surface area (Å²) >= 11 is 0. The summed E-state index contributed by atoms with van der Waals surface area (Å²) in [6.45, 7) is 3.33. The molecule has 5 rings (SSSR count). The van der Waals surface area contributed by atoms with Gasteiger partial charge in [0.2, 0.25) is 0 Å². The molecule has 1 aliphatic heterocycles. The molecule has 190 valence electrons. The highest BCUT2D eigenvalue weighted by Crippen LogP contribution is 2.44. The number of hydrogen-bond donors (Lipinski definition) is 2. The average molecular weight is 498 g/mol. The third-order valence-electron chi connectivity index (χ3n) is 6.79. The number of nitrogens with zero attached hydrogens (tertiary/aromatic N) is 2. The molecule has 7 nitrogen and oxygen atoms in total. The molecule has 7 heteroatoms. The van der Waals surface area contributed by atoms with Crippen LogP contribution in [-0.4, -0.2) is 46.4 Å². The van der Waals surface area contributed by atoms with Gasteiger partial charge in [-0.2, -0.15) is 5.10 Å². The van der Waals surface area contributed by atoms with E-state index in [1.165, 1.54) is 0 Å². The van der Waals surface area contributed by atoms with E-state index in [0.29, 0.717) is 36.5 Å². The van der Waals surface area contributed by atoms with Crippen LogP contribution in [0.15, 0.2) is 72.8 Å². The van der Waals surface area contributed by atoms with Gasteiger partial charge < -0.3 is 19.5 Å². The zero-order chi connectivity index (χ0) is 25.8. The average Bonchev–Trinajstić information content (AvgIpc) is 3.47. The van der Waals surface area contributed by atoms with Crippen molar-refractivity contribution in [3.8, 4) is 28.5 Å². The molecule has 0 radical (unpaired) electrons. The molecule has 0 saturated heterocycles. The van der Waals surface area contributed by atoms with Gasteiger partial charge in [-0.25, -0.2) is 0 Å². The summed E-state index contributed by atoms with van der Waals surface area (Å²) in [7, 11) is 1.65. The zero-order valence-electron chi connectivity index (χ0n) is 21.1. The number of H-pyrrole nitrogens is 1. The van der Waals surface area contributed by atoms with Gasteiger partial charge in [0.15, 0.2) is 0 Å². The number of ether oxygens (including phenoxy) is 2. The minimum Gasteiger partial charge on any atom is -0.507 e. The van der Waals surface area contributed by atoms with Gasteiger partial charge in [0.1, 0.15) is 28.6 Å².